The van der Waals surface area contributed by atoms with Crippen LogP contribution in [0.15, 0.2) is 18.2 Å². The van der Waals surface area contributed by atoms with Crippen molar-refractivity contribution in [3.05, 3.63) is 29.6 Å². The number of amides is 3. The van der Waals surface area contributed by atoms with Crippen LogP contribution in [0.4, 0.5) is 4.79 Å². The van der Waals surface area contributed by atoms with Crippen molar-refractivity contribution in [1.29, 1.82) is 0 Å². The molecule has 3 amide bonds. The number of pyridine rings is 1. The molecule has 114 valence electrons. The molecule has 1 aromatic rings. The van der Waals surface area contributed by atoms with Crippen LogP contribution in [0.1, 0.15) is 31.7 Å². The number of aliphatic carboxylic acids is 1. The summed E-state index contributed by atoms with van der Waals surface area (Å²) in [6, 6.07) is 4.73. The molecule has 0 bridgehead atoms. The second-order valence-electron chi connectivity index (χ2n) is 5.37. The van der Waals surface area contributed by atoms with Crippen LogP contribution in [0.5, 0.6) is 0 Å². The highest BCUT2D eigenvalue weighted by molar-refractivity contribution is 5.96. The molecule has 0 aliphatic heterocycles. The second-order valence-corrected chi connectivity index (χ2v) is 5.37. The Labute approximate surface area is 122 Å². The molecule has 0 unspecified atom stereocenters. The SMILES string of the molecule is Cc1cccc(CNC(=O)NC(=O)CC(C)(C)C(=O)O)n1. The van der Waals surface area contributed by atoms with Crippen molar-refractivity contribution in [3.8, 4) is 0 Å². The van der Waals surface area contributed by atoms with Gasteiger partial charge in [-0.15, -0.1) is 0 Å². The molecule has 0 aliphatic rings. The van der Waals surface area contributed by atoms with Gasteiger partial charge >= 0.3 is 12.0 Å². The molecule has 0 fully saturated rings. The fraction of sp³-hybridized carbons (Fsp3) is 0.429. The van der Waals surface area contributed by atoms with Gasteiger partial charge in [0, 0.05) is 12.1 Å². The van der Waals surface area contributed by atoms with Gasteiger partial charge in [0.25, 0.3) is 0 Å². The molecule has 0 atom stereocenters. The van der Waals surface area contributed by atoms with Crippen molar-refractivity contribution in [1.82, 2.24) is 15.6 Å². The fourth-order valence-electron chi connectivity index (χ4n) is 1.56. The van der Waals surface area contributed by atoms with E-state index < -0.39 is 23.3 Å². The summed E-state index contributed by atoms with van der Waals surface area (Å²) >= 11 is 0. The molecule has 21 heavy (non-hydrogen) atoms. The number of hydrogen-bond acceptors (Lipinski definition) is 4. The number of urea groups is 1. The fourth-order valence-corrected chi connectivity index (χ4v) is 1.56. The Balaban J connectivity index is 2.43. The highest BCUT2D eigenvalue weighted by Crippen LogP contribution is 2.19. The smallest absolute Gasteiger partial charge is 0.321 e. The summed E-state index contributed by atoms with van der Waals surface area (Å²) in [7, 11) is 0. The van der Waals surface area contributed by atoms with E-state index in [2.05, 4.69) is 15.6 Å². The first kappa shape index (κ1) is 16.6. The number of nitrogens with zero attached hydrogens (tertiary/aromatic N) is 1. The first-order valence-corrected chi connectivity index (χ1v) is 6.44. The lowest BCUT2D eigenvalue weighted by Crippen LogP contribution is -2.41. The van der Waals surface area contributed by atoms with E-state index in [9.17, 15) is 14.4 Å². The van der Waals surface area contributed by atoms with E-state index in [0.29, 0.717) is 5.69 Å². The number of aromatic nitrogens is 1. The summed E-state index contributed by atoms with van der Waals surface area (Å²) in [5.74, 6) is -1.74. The molecular formula is C14H19N3O4. The number of aryl methyl sites for hydroxylation is 1. The summed E-state index contributed by atoms with van der Waals surface area (Å²) in [5, 5.41) is 13.5. The van der Waals surface area contributed by atoms with Gasteiger partial charge < -0.3 is 10.4 Å². The molecule has 0 spiro atoms. The number of nitrogens with one attached hydrogen (secondary N) is 2. The molecular weight excluding hydrogens is 274 g/mol. The molecule has 7 nitrogen and oxygen atoms in total. The molecule has 0 aromatic carbocycles. The largest absolute Gasteiger partial charge is 0.481 e. The lowest BCUT2D eigenvalue weighted by molar-refractivity contribution is -0.149. The lowest BCUT2D eigenvalue weighted by atomic mass is 9.89. The summed E-state index contributed by atoms with van der Waals surface area (Å²) in [6.45, 7) is 4.86. The van der Waals surface area contributed by atoms with E-state index in [1.165, 1.54) is 13.8 Å². The van der Waals surface area contributed by atoms with Crippen LogP contribution in [0.2, 0.25) is 0 Å². The lowest BCUT2D eigenvalue weighted by Gasteiger charge is -2.17. The van der Waals surface area contributed by atoms with Gasteiger partial charge in [-0.25, -0.2) is 4.79 Å². The molecule has 7 heteroatoms. The number of carbonyl (C=O) groups excluding carboxylic acids is 2. The second kappa shape index (κ2) is 6.83. The van der Waals surface area contributed by atoms with Crippen molar-refractivity contribution < 1.29 is 19.5 Å². The minimum Gasteiger partial charge on any atom is -0.481 e. The Morgan fingerprint density at radius 2 is 1.95 bits per heavy atom. The zero-order valence-electron chi connectivity index (χ0n) is 12.3. The van der Waals surface area contributed by atoms with Crippen LogP contribution in [-0.4, -0.2) is 28.0 Å². The quantitative estimate of drug-likeness (QED) is 0.756. The third-order valence-electron chi connectivity index (χ3n) is 2.81. The maximum absolute atomic E-state index is 11.6. The van der Waals surface area contributed by atoms with Crippen molar-refractivity contribution in [2.24, 2.45) is 5.41 Å². The maximum Gasteiger partial charge on any atom is 0.321 e. The maximum atomic E-state index is 11.6. The number of carbonyl (C=O) groups is 3. The summed E-state index contributed by atoms with van der Waals surface area (Å²) in [4.78, 5) is 38.2. The predicted molar refractivity (Wildman–Crippen MR) is 75.4 cm³/mol. The number of imide groups is 1. The van der Waals surface area contributed by atoms with Gasteiger partial charge in [0.1, 0.15) is 0 Å². The van der Waals surface area contributed by atoms with Gasteiger partial charge in [0.2, 0.25) is 5.91 Å². The standard InChI is InChI=1S/C14H19N3O4/c1-9-5-4-6-10(16-9)8-15-13(21)17-11(18)7-14(2,3)12(19)20/h4-6H,7-8H2,1-3H3,(H,19,20)(H2,15,17,18,21). The first-order valence-electron chi connectivity index (χ1n) is 6.44. The van der Waals surface area contributed by atoms with Gasteiger partial charge in [-0.2, -0.15) is 0 Å². The van der Waals surface area contributed by atoms with Crippen LogP contribution < -0.4 is 10.6 Å². The predicted octanol–water partition coefficient (Wildman–Crippen LogP) is 1.22. The van der Waals surface area contributed by atoms with Gasteiger partial charge in [-0.1, -0.05) is 6.07 Å². The van der Waals surface area contributed by atoms with Crippen LogP contribution in [0, 0.1) is 12.3 Å². The van der Waals surface area contributed by atoms with E-state index in [4.69, 9.17) is 5.11 Å². The summed E-state index contributed by atoms with van der Waals surface area (Å²) in [5.41, 5.74) is 0.278. The first-order chi connectivity index (χ1) is 9.70. The number of rotatable bonds is 5. The van der Waals surface area contributed by atoms with Gasteiger partial charge in [-0.05, 0) is 32.9 Å². The van der Waals surface area contributed by atoms with Crippen molar-refractivity contribution in [2.45, 2.75) is 33.7 Å². The zero-order chi connectivity index (χ0) is 16.0. The molecule has 0 aliphatic carbocycles. The van der Waals surface area contributed by atoms with Gasteiger partial charge in [-0.3, -0.25) is 19.9 Å². The van der Waals surface area contributed by atoms with Crippen LogP contribution in [0.25, 0.3) is 0 Å². The Morgan fingerprint density at radius 1 is 1.29 bits per heavy atom. The molecule has 0 saturated carbocycles. The van der Waals surface area contributed by atoms with E-state index >= 15 is 0 Å². The van der Waals surface area contributed by atoms with Crippen molar-refractivity contribution in [2.75, 3.05) is 0 Å². The minimum absolute atomic E-state index is 0.184. The highest BCUT2D eigenvalue weighted by Gasteiger charge is 2.30. The molecule has 1 rings (SSSR count). The van der Waals surface area contributed by atoms with Gasteiger partial charge in [0.05, 0.1) is 17.7 Å². The third kappa shape index (κ3) is 5.60. The molecule has 1 aromatic heterocycles. The highest BCUT2D eigenvalue weighted by atomic mass is 16.4. The van der Waals surface area contributed by atoms with Crippen LogP contribution >= 0.6 is 0 Å². The zero-order valence-corrected chi connectivity index (χ0v) is 12.3. The van der Waals surface area contributed by atoms with E-state index in [1.54, 1.807) is 6.07 Å². The van der Waals surface area contributed by atoms with Crippen LogP contribution in [0.3, 0.4) is 0 Å². The minimum atomic E-state index is -1.22. The normalized spacial score (nSPS) is 10.8. The Morgan fingerprint density at radius 3 is 2.52 bits per heavy atom. The van der Waals surface area contributed by atoms with Crippen molar-refractivity contribution in [3.63, 3.8) is 0 Å². The molecule has 0 saturated heterocycles. The Hall–Kier alpha value is -2.44. The molecule has 3 N–H and O–H groups in total. The monoisotopic (exact) mass is 293 g/mol. The summed E-state index contributed by atoms with van der Waals surface area (Å²) in [6.07, 6.45) is -0.279. The average Bonchev–Trinajstić information content (AvgIpc) is 2.35. The van der Waals surface area contributed by atoms with E-state index in [1.807, 2.05) is 19.1 Å². The molecule has 1 heterocycles. The Bertz CT molecular complexity index is 555. The number of carboxylic acids is 1. The Kier molecular flexibility index (Phi) is 5.40. The van der Waals surface area contributed by atoms with Gasteiger partial charge in [0.15, 0.2) is 0 Å². The van der Waals surface area contributed by atoms with E-state index in [-0.39, 0.29) is 13.0 Å². The number of carboxylic acid groups (broad SMARTS) is 1. The van der Waals surface area contributed by atoms with Crippen LogP contribution in [-0.2, 0) is 16.1 Å². The topological polar surface area (TPSA) is 108 Å². The molecule has 0 radical (unpaired) electrons. The van der Waals surface area contributed by atoms with E-state index in [0.717, 1.165) is 5.69 Å². The third-order valence-corrected chi connectivity index (χ3v) is 2.81. The number of hydrogen-bond donors (Lipinski definition) is 3. The van der Waals surface area contributed by atoms with Crippen molar-refractivity contribution >= 4 is 17.9 Å². The summed E-state index contributed by atoms with van der Waals surface area (Å²) < 4.78 is 0. The average molecular weight is 293 g/mol.